The number of hydrogen-bond donors (Lipinski definition) is 1. The van der Waals surface area contributed by atoms with E-state index in [1.54, 1.807) is 7.05 Å². The van der Waals surface area contributed by atoms with E-state index >= 15 is 0 Å². The van der Waals surface area contributed by atoms with Gasteiger partial charge < -0.3 is 10.1 Å². The highest BCUT2D eigenvalue weighted by molar-refractivity contribution is 5.79. The molecule has 1 saturated carbocycles. The molecule has 1 N–H and O–H groups in total. The average molecular weight is 185 g/mol. The van der Waals surface area contributed by atoms with Crippen LogP contribution in [0, 0.1) is 0 Å². The van der Waals surface area contributed by atoms with Crippen molar-refractivity contribution in [2.45, 2.75) is 51.2 Å². The summed E-state index contributed by atoms with van der Waals surface area (Å²) in [7, 11) is 1.77. The standard InChI is InChI=1S/C10H19NO2/c1-10(2,11-3)9(12)13-8-6-4-5-7-8/h8,11H,4-7H2,1-3H3. The SMILES string of the molecule is CNC(C)(C)C(=O)OC1CCCC1. The lowest BCUT2D eigenvalue weighted by Crippen LogP contribution is -2.46. The van der Waals surface area contributed by atoms with Crippen LogP contribution in [-0.4, -0.2) is 24.7 Å². The van der Waals surface area contributed by atoms with Gasteiger partial charge in [-0.05, 0) is 46.6 Å². The Morgan fingerprint density at radius 1 is 1.38 bits per heavy atom. The first-order valence-corrected chi connectivity index (χ1v) is 4.96. The molecule has 0 heterocycles. The van der Waals surface area contributed by atoms with Gasteiger partial charge in [0.1, 0.15) is 11.6 Å². The monoisotopic (exact) mass is 185 g/mol. The molecule has 3 heteroatoms. The molecule has 0 saturated heterocycles. The lowest BCUT2D eigenvalue weighted by molar-refractivity contribution is -0.155. The van der Waals surface area contributed by atoms with Crippen molar-refractivity contribution in [3.8, 4) is 0 Å². The zero-order chi connectivity index (χ0) is 9.90. The first-order valence-electron chi connectivity index (χ1n) is 4.96. The summed E-state index contributed by atoms with van der Waals surface area (Å²) in [5.74, 6) is -0.137. The van der Waals surface area contributed by atoms with Crippen molar-refractivity contribution < 1.29 is 9.53 Å². The molecule has 1 rings (SSSR count). The molecule has 0 unspecified atom stereocenters. The Labute approximate surface area is 79.8 Å². The molecule has 0 aliphatic heterocycles. The van der Waals surface area contributed by atoms with Gasteiger partial charge in [-0.15, -0.1) is 0 Å². The fourth-order valence-electron chi connectivity index (χ4n) is 1.41. The number of nitrogens with one attached hydrogen (secondary N) is 1. The average Bonchev–Trinajstić information content (AvgIpc) is 2.57. The summed E-state index contributed by atoms with van der Waals surface area (Å²) >= 11 is 0. The summed E-state index contributed by atoms with van der Waals surface area (Å²) in [5.41, 5.74) is -0.553. The van der Waals surface area contributed by atoms with E-state index in [1.165, 1.54) is 12.8 Å². The molecule has 3 nitrogen and oxygen atoms in total. The predicted molar refractivity (Wildman–Crippen MR) is 51.5 cm³/mol. The van der Waals surface area contributed by atoms with Crippen molar-refractivity contribution in [3.05, 3.63) is 0 Å². The normalized spacial score (nSPS) is 19.0. The van der Waals surface area contributed by atoms with Crippen LogP contribution in [0.3, 0.4) is 0 Å². The minimum absolute atomic E-state index is 0.137. The van der Waals surface area contributed by atoms with Gasteiger partial charge >= 0.3 is 5.97 Å². The van der Waals surface area contributed by atoms with Gasteiger partial charge in [-0.1, -0.05) is 0 Å². The molecular formula is C10H19NO2. The molecule has 0 aromatic carbocycles. The molecule has 76 valence electrons. The van der Waals surface area contributed by atoms with Crippen molar-refractivity contribution >= 4 is 5.97 Å². The summed E-state index contributed by atoms with van der Waals surface area (Å²) in [4.78, 5) is 11.6. The van der Waals surface area contributed by atoms with Crippen molar-refractivity contribution in [3.63, 3.8) is 0 Å². The lowest BCUT2D eigenvalue weighted by atomic mass is 10.1. The third-order valence-corrected chi connectivity index (χ3v) is 2.71. The topological polar surface area (TPSA) is 38.3 Å². The minimum Gasteiger partial charge on any atom is -0.461 e. The Morgan fingerprint density at radius 2 is 1.92 bits per heavy atom. The molecule has 0 radical (unpaired) electrons. The Hall–Kier alpha value is -0.570. The number of hydrogen-bond acceptors (Lipinski definition) is 3. The van der Waals surface area contributed by atoms with Gasteiger partial charge in [0.2, 0.25) is 0 Å². The van der Waals surface area contributed by atoms with Crippen LogP contribution in [0.4, 0.5) is 0 Å². The second-order valence-corrected chi connectivity index (χ2v) is 4.19. The van der Waals surface area contributed by atoms with Gasteiger partial charge in [-0.3, -0.25) is 4.79 Å². The lowest BCUT2D eigenvalue weighted by Gasteiger charge is -2.24. The van der Waals surface area contributed by atoms with Gasteiger partial charge in [0, 0.05) is 0 Å². The molecule has 0 spiro atoms. The van der Waals surface area contributed by atoms with E-state index in [0.717, 1.165) is 12.8 Å². The van der Waals surface area contributed by atoms with Crippen LogP contribution in [0.2, 0.25) is 0 Å². The van der Waals surface area contributed by atoms with Gasteiger partial charge in [0.25, 0.3) is 0 Å². The number of carbonyl (C=O) groups is 1. The van der Waals surface area contributed by atoms with E-state index < -0.39 is 5.54 Å². The number of rotatable bonds is 3. The van der Waals surface area contributed by atoms with Crippen LogP contribution in [-0.2, 0) is 9.53 Å². The number of ether oxygens (including phenoxy) is 1. The highest BCUT2D eigenvalue weighted by Crippen LogP contribution is 2.22. The maximum absolute atomic E-state index is 11.6. The summed E-state index contributed by atoms with van der Waals surface area (Å²) in [6, 6.07) is 0. The summed E-state index contributed by atoms with van der Waals surface area (Å²) < 4.78 is 5.37. The van der Waals surface area contributed by atoms with Gasteiger partial charge in [0.15, 0.2) is 0 Å². The Bertz CT molecular complexity index is 183. The second kappa shape index (κ2) is 4.09. The van der Waals surface area contributed by atoms with Crippen molar-refractivity contribution in [1.29, 1.82) is 0 Å². The van der Waals surface area contributed by atoms with E-state index in [1.807, 2.05) is 13.8 Å². The quantitative estimate of drug-likeness (QED) is 0.677. The van der Waals surface area contributed by atoms with Gasteiger partial charge in [-0.25, -0.2) is 0 Å². The highest BCUT2D eigenvalue weighted by Gasteiger charge is 2.30. The first-order chi connectivity index (χ1) is 6.06. The van der Waals surface area contributed by atoms with Crippen molar-refractivity contribution in [2.24, 2.45) is 0 Å². The number of esters is 1. The van der Waals surface area contributed by atoms with Crippen LogP contribution in [0.5, 0.6) is 0 Å². The summed E-state index contributed by atoms with van der Waals surface area (Å²) in [6.07, 6.45) is 4.62. The Balaban J connectivity index is 2.39. The number of carbonyl (C=O) groups excluding carboxylic acids is 1. The third-order valence-electron chi connectivity index (χ3n) is 2.71. The van der Waals surface area contributed by atoms with E-state index in [0.29, 0.717) is 0 Å². The van der Waals surface area contributed by atoms with Crippen molar-refractivity contribution in [1.82, 2.24) is 5.32 Å². The van der Waals surface area contributed by atoms with Crippen LogP contribution in [0.1, 0.15) is 39.5 Å². The van der Waals surface area contributed by atoms with Crippen LogP contribution in [0.15, 0.2) is 0 Å². The third kappa shape index (κ3) is 2.69. The maximum atomic E-state index is 11.6. The predicted octanol–water partition coefficient (Wildman–Crippen LogP) is 1.47. The Kier molecular flexibility index (Phi) is 3.31. The van der Waals surface area contributed by atoms with Gasteiger partial charge in [0.05, 0.1) is 0 Å². The van der Waals surface area contributed by atoms with E-state index in [-0.39, 0.29) is 12.1 Å². The highest BCUT2D eigenvalue weighted by atomic mass is 16.5. The Morgan fingerprint density at radius 3 is 2.38 bits per heavy atom. The van der Waals surface area contributed by atoms with Crippen LogP contribution >= 0.6 is 0 Å². The fourth-order valence-corrected chi connectivity index (χ4v) is 1.41. The molecule has 0 bridgehead atoms. The maximum Gasteiger partial charge on any atom is 0.326 e. The van der Waals surface area contributed by atoms with E-state index in [2.05, 4.69) is 5.32 Å². The first kappa shape index (κ1) is 10.5. The minimum atomic E-state index is -0.553. The second-order valence-electron chi connectivity index (χ2n) is 4.19. The largest absolute Gasteiger partial charge is 0.461 e. The molecule has 1 fully saturated rings. The molecule has 0 atom stereocenters. The zero-order valence-electron chi connectivity index (χ0n) is 8.72. The smallest absolute Gasteiger partial charge is 0.326 e. The van der Waals surface area contributed by atoms with E-state index in [9.17, 15) is 4.79 Å². The number of likely N-dealkylation sites (N-methyl/N-ethyl adjacent to an activating group) is 1. The molecule has 0 aromatic heterocycles. The fraction of sp³-hybridized carbons (Fsp3) is 0.900. The van der Waals surface area contributed by atoms with Crippen molar-refractivity contribution in [2.75, 3.05) is 7.05 Å². The van der Waals surface area contributed by atoms with E-state index in [4.69, 9.17) is 4.74 Å². The molecule has 13 heavy (non-hydrogen) atoms. The van der Waals surface area contributed by atoms with Crippen LogP contribution in [0.25, 0.3) is 0 Å². The molecular weight excluding hydrogens is 166 g/mol. The summed E-state index contributed by atoms with van der Waals surface area (Å²) in [6.45, 7) is 3.68. The van der Waals surface area contributed by atoms with Crippen LogP contribution < -0.4 is 5.32 Å². The van der Waals surface area contributed by atoms with Gasteiger partial charge in [-0.2, -0.15) is 0 Å². The molecule has 0 aromatic rings. The zero-order valence-corrected chi connectivity index (χ0v) is 8.72. The molecule has 0 amide bonds. The molecule has 1 aliphatic carbocycles. The summed E-state index contributed by atoms with van der Waals surface area (Å²) in [5, 5.41) is 2.94. The molecule has 1 aliphatic rings.